The molecule has 0 fully saturated rings. The van der Waals surface area contributed by atoms with Gasteiger partial charge in [0.2, 0.25) is 5.88 Å². The average molecular weight is 411 g/mol. The SMILES string of the molecule is CNC(=O)Oc1nc(C#N)cc2c1[nH]c1ccc(S(=O)(=O)Nc3ccn[nH]3)cc12. The summed E-state index contributed by atoms with van der Waals surface area (Å²) in [6, 6.07) is 9.33. The quantitative estimate of drug-likeness (QED) is 0.397. The molecule has 1 aromatic carbocycles. The summed E-state index contributed by atoms with van der Waals surface area (Å²) in [6.07, 6.45) is 0.671. The van der Waals surface area contributed by atoms with E-state index in [0.29, 0.717) is 21.8 Å². The number of anilines is 1. The first-order valence-electron chi connectivity index (χ1n) is 8.19. The maximum absolute atomic E-state index is 12.7. The number of benzene rings is 1. The maximum Gasteiger partial charge on any atom is 0.413 e. The number of carbonyl (C=O) groups is 1. The highest BCUT2D eigenvalue weighted by Crippen LogP contribution is 2.33. The number of aromatic nitrogens is 4. The van der Waals surface area contributed by atoms with Crippen molar-refractivity contribution in [2.75, 3.05) is 11.8 Å². The topological polar surface area (TPSA) is 166 Å². The first kappa shape index (κ1) is 18.3. The Hall–Kier alpha value is -4.11. The van der Waals surface area contributed by atoms with Crippen LogP contribution in [0, 0.1) is 11.3 Å². The summed E-state index contributed by atoms with van der Waals surface area (Å²) >= 11 is 0. The number of sulfonamides is 1. The number of nitriles is 1. The van der Waals surface area contributed by atoms with E-state index in [1.165, 1.54) is 37.5 Å². The lowest BCUT2D eigenvalue weighted by atomic mass is 10.1. The Balaban J connectivity index is 1.88. The van der Waals surface area contributed by atoms with Gasteiger partial charge in [-0.3, -0.25) is 9.82 Å². The van der Waals surface area contributed by atoms with Gasteiger partial charge in [0.05, 0.1) is 11.1 Å². The molecule has 11 nitrogen and oxygen atoms in total. The van der Waals surface area contributed by atoms with E-state index in [9.17, 15) is 18.5 Å². The molecular formula is C17H13N7O4S. The van der Waals surface area contributed by atoms with Crippen LogP contribution in [0.15, 0.2) is 41.4 Å². The number of carbonyl (C=O) groups excluding carboxylic acids is 1. The lowest BCUT2D eigenvalue weighted by Gasteiger charge is -2.06. The zero-order valence-electron chi connectivity index (χ0n) is 14.8. The maximum atomic E-state index is 12.7. The van der Waals surface area contributed by atoms with Gasteiger partial charge in [-0.15, -0.1) is 0 Å². The molecule has 0 saturated carbocycles. The third-order valence-corrected chi connectivity index (χ3v) is 5.45. The summed E-state index contributed by atoms with van der Waals surface area (Å²) in [5.74, 6) is 0.135. The van der Waals surface area contributed by atoms with Crippen molar-refractivity contribution in [2.45, 2.75) is 4.90 Å². The van der Waals surface area contributed by atoms with Gasteiger partial charge in [-0.2, -0.15) is 10.4 Å². The van der Waals surface area contributed by atoms with Crippen molar-refractivity contribution in [1.29, 1.82) is 5.26 Å². The van der Waals surface area contributed by atoms with Gasteiger partial charge >= 0.3 is 6.09 Å². The number of ether oxygens (including phenoxy) is 1. The highest BCUT2D eigenvalue weighted by molar-refractivity contribution is 7.92. The summed E-state index contributed by atoms with van der Waals surface area (Å²) in [7, 11) is -2.49. The number of nitrogens with one attached hydrogen (secondary N) is 4. The largest absolute Gasteiger partial charge is 0.413 e. The molecule has 0 bridgehead atoms. The van der Waals surface area contributed by atoms with Crippen molar-refractivity contribution in [3.8, 4) is 11.9 Å². The minimum atomic E-state index is -3.88. The second-order valence-corrected chi connectivity index (χ2v) is 7.58. The summed E-state index contributed by atoms with van der Waals surface area (Å²) in [6.45, 7) is 0. The fraction of sp³-hybridized carbons (Fsp3) is 0.0588. The van der Waals surface area contributed by atoms with Gasteiger partial charge < -0.3 is 15.0 Å². The molecule has 0 radical (unpaired) electrons. The highest BCUT2D eigenvalue weighted by Gasteiger charge is 2.19. The van der Waals surface area contributed by atoms with Crippen LogP contribution in [0.3, 0.4) is 0 Å². The molecule has 3 heterocycles. The second kappa shape index (κ2) is 6.80. The van der Waals surface area contributed by atoms with Crippen molar-refractivity contribution < 1.29 is 17.9 Å². The average Bonchev–Trinajstić information content (AvgIpc) is 3.34. The minimum Gasteiger partial charge on any atom is -0.389 e. The first-order valence-corrected chi connectivity index (χ1v) is 9.68. The van der Waals surface area contributed by atoms with Gasteiger partial charge in [0.25, 0.3) is 10.0 Å². The van der Waals surface area contributed by atoms with Gasteiger partial charge in [0.1, 0.15) is 23.1 Å². The molecule has 0 atom stereocenters. The Morgan fingerprint density at radius 2 is 2.07 bits per heavy atom. The second-order valence-electron chi connectivity index (χ2n) is 5.89. The van der Waals surface area contributed by atoms with E-state index in [1.54, 1.807) is 6.07 Å². The number of rotatable bonds is 4. The fourth-order valence-electron chi connectivity index (χ4n) is 2.80. The van der Waals surface area contributed by atoms with Crippen molar-refractivity contribution >= 4 is 43.7 Å². The predicted molar refractivity (Wildman–Crippen MR) is 103 cm³/mol. The predicted octanol–water partition coefficient (Wildman–Crippen LogP) is 1.83. The van der Waals surface area contributed by atoms with Crippen LogP contribution < -0.4 is 14.8 Å². The van der Waals surface area contributed by atoms with E-state index < -0.39 is 16.1 Å². The van der Waals surface area contributed by atoms with Crippen LogP contribution >= 0.6 is 0 Å². The molecule has 146 valence electrons. The Kier molecular flexibility index (Phi) is 4.29. The van der Waals surface area contributed by atoms with Crippen LogP contribution in [0.1, 0.15) is 5.69 Å². The number of fused-ring (bicyclic) bond motifs is 3. The van der Waals surface area contributed by atoms with Crippen LogP contribution in [0.4, 0.5) is 10.6 Å². The molecule has 0 aliphatic carbocycles. The van der Waals surface area contributed by atoms with E-state index in [2.05, 4.69) is 30.2 Å². The summed E-state index contributed by atoms with van der Waals surface area (Å²) < 4.78 is 32.8. The Morgan fingerprint density at radius 3 is 2.76 bits per heavy atom. The molecule has 4 aromatic rings. The molecule has 0 aliphatic heterocycles. The highest BCUT2D eigenvalue weighted by atomic mass is 32.2. The summed E-state index contributed by atoms with van der Waals surface area (Å²) in [4.78, 5) is 18.7. The fourth-order valence-corrected chi connectivity index (χ4v) is 3.84. The van der Waals surface area contributed by atoms with Crippen LogP contribution in [0.2, 0.25) is 0 Å². The van der Waals surface area contributed by atoms with Crippen LogP contribution in [0.5, 0.6) is 5.88 Å². The van der Waals surface area contributed by atoms with E-state index >= 15 is 0 Å². The van der Waals surface area contributed by atoms with Gasteiger partial charge in [0, 0.05) is 29.4 Å². The zero-order chi connectivity index (χ0) is 20.6. The van der Waals surface area contributed by atoms with Crippen molar-refractivity contribution in [2.24, 2.45) is 0 Å². The van der Waals surface area contributed by atoms with E-state index in [1.807, 2.05) is 6.07 Å². The van der Waals surface area contributed by atoms with E-state index in [4.69, 9.17) is 4.74 Å². The molecule has 29 heavy (non-hydrogen) atoms. The number of hydrogen-bond donors (Lipinski definition) is 4. The van der Waals surface area contributed by atoms with Gasteiger partial charge in [-0.1, -0.05) is 0 Å². The Bertz CT molecular complexity index is 1380. The third-order valence-electron chi connectivity index (χ3n) is 4.09. The number of amides is 1. The normalized spacial score (nSPS) is 11.3. The number of hydrogen-bond acceptors (Lipinski definition) is 7. The van der Waals surface area contributed by atoms with Gasteiger partial charge in [-0.05, 0) is 24.3 Å². The zero-order valence-corrected chi connectivity index (χ0v) is 15.7. The molecule has 0 unspecified atom stereocenters. The van der Waals surface area contributed by atoms with Crippen LogP contribution in [0.25, 0.3) is 21.8 Å². The summed E-state index contributed by atoms with van der Waals surface area (Å²) in [5.41, 5.74) is 0.957. The molecule has 4 rings (SSSR count). The van der Waals surface area contributed by atoms with Crippen molar-refractivity contribution in [3.63, 3.8) is 0 Å². The molecule has 0 spiro atoms. The lowest BCUT2D eigenvalue weighted by molar-refractivity contribution is 0.201. The molecule has 0 aliphatic rings. The molecule has 0 saturated heterocycles. The Morgan fingerprint density at radius 1 is 1.24 bits per heavy atom. The molecule has 4 N–H and O–H groups in total. The Labute approximate surface area is 163 Å². The number of pyridine rings is 1. The minimum absolute atomic E-state index is 0.00425. The van der Waals surface area contributed by atoms with Crippen LogP contribution in [-0.2, 0) is 10.0 Å². The molecule has 3 aromatic heterocycles. The molecular weight excluding hydrogens is 398 g/mol. The smallest absolute Gasteiger partial charge is 0.389 e. The van der Waals surface area contributed by atoms with E-state index in [0.717, 1.165) is 0 Å². The van der Waals surface area contributed by atoms with Crippen molar-refractivity contribution in [3.05, 3.63) is 42.2 Å². The standard InChI is InChI=1S/C17H13N7O4S/c1-19-17(25)28-16-15-12(6-9(8-18)21-16)11-7-10(2-3-13(11)22-15)29(26,27)24-14-4-5-20-23-14/h2-7,22H,1H3,(H,19,25)(H2,20,23,24). The van der Waals surface area contributed by atoms with Gasteiger partial charge in [-0.25, -0.2) is 18.2 Å². The van der Waals surface area contributed by atoms with Crippen molar-refractivity contribution in [1.82, 2.24) is 25.5 Å². The summed E-state index contributed by atoms with van der Waals surface area (Å²) in [5, 5.41) is 18.8. The van der Waals surface area contributed by atoms with Crippen LogP contribution in [-0.4, -0.2) is 41.7 Å². The van der Waals surface area contributed by atoms with Gasteiger partial charge in [0.15, 0.2) is 0 Å². The first-order chi connectivity index (χ1) is 13.9. The third kappa shape index (κ3) is 3.30. The number of H-pyrrole nitrogens is 2. The number of aromatic amines is 2. The lowest BCUT2D eigenvalue weighted by Crippen LogP contribution is -2.22. The number of nitrogens with zero attached hydrogens (tertiary/aromatic N) is 3. The molecule has 12 heteroatoms. The van der Waals surface area contributed by atoms with E-state index in [-0.39, 0.29) is 22.3 Å². The monoisotopic (exact) mass is 411 g/mol. The molecule has 1 amide bonds.